The van der Waals surface area contributed by atoms with Gasteiger partial charge in [0.25, 0.3) is 0 Å². The summed E-state index contributed by atoms with van der Waals surface area (Å²) in [4.78, 5) is 5.25. The van der Waals surface area contributed by atoms with Crippen molar-refractivity contribution in [2.75, 3.05) is 33.2 Å². The van der Waals surface area contributed by atoms with E-state index in [0.29, 0.717) is 6.04 Å². The van der Waals surface area contributed by atoms with Crippen molar-refractivity contribution in [2.24, 2.45) is 0 Å². The van der Waals surface area contributed by atoms with E-state index in [-0.39, 0.29) is 0 Å². The van der Waals surface area contributed by atoms with Crippen molar-refractivity contribution >= 4 is 0 Å². The van der Waals surface area contributed by atoms with Gasteiger partial charge in [-0.3, -0.25) is 4.90 Å². The van der Waals surface area contributed by atoms with Crippen LogP contribution in [0.5, 0.6) is 0 Å². The van der Waals surface area contributed by atoms with E-state index in [2.05, 4.69) is 36.0 Å². The van der Waals surface area contributed by atoms with Gasteiger partial charge in [-0.05, 0) is 59.7 Å². The lowest BCUT2D eigenvalue weighted by Gasteiger charge is -2.42. The van der Waals surface area contributed by atoms with Gasteiger partial charge in [0.1, 0.15) is 0 Å². The first kappa shape index (κ1) is 14.3. The van der Waals surface area contributed by atoms with Crippen molar-refractivity contribution < 1.29 is 0 Å². The Morgan fingerprint density at radius 3 is 2.67 bits per heavy atom. The van der Waals surface area contributed by atoms with Crippen molar-refractivity contribution in [1.29, 1.82) is 0 Å². The Morgan fingerprint density at radius 2 is 2.06 bits per heavy atom. The van der Waals surface area contributed by atoms with Crippen LogP contribution in [0.2, 0.25) is 0 Å². The van der Waals surface area contributed by atoms with Gasteiger partial charge in [-0.1, -0.05) is 6.42 Å². The van der Waals surface area contributed by atoms with E-state index in [1.54, 1.807) is 0 Å². The zero-order valence-corrected chi connectivity index (χ0v) is 12.5. The van der Waals surface area contributed by atoms with Crippen LogP contribution in [0.25, 0.3) is 0 Å². The highest BCUT2D eigenvalue weighted by Crippen LogP contribution is 2.19. The molecular formula is C15H31N3. The summed E-state index contributed by atoms with van der Waals surface area (Å²) in [6.07, 6.45) is 6.89. The Balaban J connectivity index is 1.89. The standard InChI is InChI=1S/C15H31N3/c1-13(2)18(11-14-7-4-5-9-16-14)15-8-6-10-17(3)12-15/h13-16H,4-12H2,1-3H3. The third-order valence-electron chi connectivity index (χ3n) is 4.58. The molecule has 106 valence electrons. The Bertz CT molecular complexity index is 236. The summed E-state index contributed by atoms with van der Waals surface area (Å²) in [5.41, 5.74) is 0. The Morgan fingerprint density at radius 1 is 1.22 bits per heavy atom. The number of likely N-dealkylation sites (N-methyl/N-ethyl adjacent to an activating group) is 1. The highest BCUT2D eigenvalue weighted by atomic mass is 15.2. The fraction of sp³-hybridized carbons (Fsp3) is 1.00. The predicted molar refractivity (Wildman–Crippen MR) is 78.0 cm³/mol. The zero-order chi connectivity index (χ0) is 13.0. The van der Waals surface area contributed by atoms with Crippen LogP contribution < -0.4 is 5.32 Å². The molecule has 3 heteroatoms. The first-order chi connectivity index (χ1) is 8.66. The second kappa shape index (κ2) is 6.88. The molecule has 3 nitrogen and oxygen atoms in total. The number of likely N-dealkylation sites (tertiary alicyclic amines) is 1. The summed E-state index contributed by atoms with van der Waals surface area (Å²) in [7, 11) is 2.27. The first-order valence-electron chi connectivity index (χ1n) is 7.84. The zero-order valence-electron chi connectivity index (χ0n) is 12.5. The number of hydrogen-bond donors (Lipinski definition) is 1. The average molecular weight is 253 g/mol. The molecular weight excluding hydrogens is 222 g/mol. The highest BCUT2D eigenvalue weighted by Gasteiger charge is 2.27. The monoisotopic (exact) mass is 253 g/mol. The molecule has 2 aliphatic heterocycles. The second-order valence-corrected chi connectivity index (χ2v) is 6.50. The molecule has 2 aliphatic rings. The molecule has 2 saturated heterocycles. The third-order valence-corrected chi connectivity index (χ3v) is 4.58. The number of nitrogens with one attached hydrogen (secondary N) is 1. The molecule has 0 spiro atoms. The quantitative estimate of drug-likeness (QED) is 0.826. The van der Waals surface area contributed by atoms with Gasteiger partial charge in [0.05, 0.1) is 0 Å². The average Bonchev–Trinajstić information content (AvgIpc) is 2.37. The van der Waals surface area contributed by atoms with E-state index in [1.807, 2.05) is 0 Å². The molecule has 2 rings (SSSR count). The molecule has 2 fully saturated rings. The van der Waals surface area contributed by atoms with Gasteiger partial charge in [0.2, 0.25) is 0 Å². The van der Waals surface area contributed by atoms with Crippen molar-refractivity contribution in [3.05, 3.63) is 0 Å². The van der Waals surface area contributed by atoms with Crippen LogP contribution in [0.1, 0.15) is 46.0 Å². The number of rotatable bonds is 4. The van der Waals surface area contributed by atoms with Crippen LogP contribution >= 0.6 is 0 Å². The highest BCUT2D eigenvalue weighted by molar-refractivity contribution is 4.85. The minimum atomic E-state index is 0.672. The minimum Gasteiger partial charge on any atom is -0.313 e. The Hall–Kier alpha value is -0.120. The van der Waals surface area contributed by atoms with Crippen molar-refractivity contribution in [1.82, 2.24) is 15.1 Å². The molecule has 1 N–H and O–H groups in total. The maximum atomic E-state index is 3.70. The van der Waals surface area contributed by atoms with E-state index in [4.69, 9.17) is 0 Å². The van der Waals surface area contributed by atoms with Gasteiger partial charge in [-0.25, -0.2) is 0 Å². The van der Waals surface area contributed by atoms with Crippen molar-refractivity contribution in [2.45, 2.75) is 64.1 Å². The summed E-state index contributed by atoms with van der Waals surface area (Å²) in [6, 6.07) is 2.17. The van der Waals surface area contributed by atoms with E-state index in [1.165, 1.54) is 58.3 Å². The van der Waals surface area contributed by atoms with E-state index in [9.17, 15) is 0 Å². The lowest BCUT2D eigenvalue weighted by atomic mass is 9.99. The van der Waals surface area contributed by atoms with Crippen molar-refractivity contribution in [3.8, 4) is 0 Å². The van der Waals surface area contributed by atoms with Gasteiger partial charge in [0.15, 0.2) is 0 Å². The predicted octanol–water partition coefficient (Wildman–Crippen LogP) is 1.93. The molecule has 0 aromatic heterocycles. The summed E-state index contributed by atoms with van der Waals surface area (Å²) in [6.45, 7) is 9.72. The maximum absolute atomic E-state index is 3.70. The summed E-state index contributed by atoms with van der Waals surface area (Å²) in [5.74, 6) is 0. The van der Waals surface area contributed by atoms with E-state index >= 15 is 0 Å². The number of piperidine rings is 2. The molecule has 0 bridgehead atoms. The molecule has 0 radical (unpaired) electrons. The molecule has 0 aliphatic carbocycles. The molecule has 2 unspecified atom stereocenters. The Kier molecular flexibility index (Phi) is 5.46. The molecule has 0 aromatic rings. The summed E-state index contributed by atoms with van der Waals surface area (Å²) in [5, 5.41) is 3.70. The molecule has 0 amide bonds. The largest absolute Gasteiger partial charge is 0.313 e. The number of nitrogens with zero attached hydrogens (tertiary/aromatic N) is 2. The van der Waals surface area contributed by atoms with Crippen molar-refractivity contribution in [3.63, 3.8) is 0 Å². The summed E-state index contributed by atoms with van der Waals surface area (Å²) < 4.78 is 0. The molecule has 0 aromatic carbocycles. The molecule has 2 atom stereocenters. The third kappa shape index (κ3) is 3.94. The van der Waals surface area contributed by atoms with Gasteiger partial charge >= 0.3 is 0 Å². The van der Waals surface area contributed by atoms with Crippen LogP contribution in [0.4, 0.5) is 0 Å². The van der Waals surface area contributed by atoms with Gasteiger partial charge in [-0.2, -0.15) is 0 Å². The fourth-order valence-corrected chi connectivity index (χ4v) is 3.53. The van der Waals surface area contributed by atoms with E-state index < -0.39 is 0 Å². The van der Waals surface area contributed by atoms with Crippen LogP contribution in [0, 0.1) is 0 Å². The number of hydrogen-bond acceptors (Lipinski definition) is 3. The van der Waals surface area contributed by atoms with E-state index in [0.717, 1.165) is 12.1 Å². The second-order valence-electron chi connectivity index (χ2n) is 6.50. The van der Waals surface area contributed by atoms with Gasteiger partial charge in [-0.15, -0.1) is 0 Å². The first-order valence-corrected chi connectivity index (χ1v) is 7.84. The fourth-order valence-electron chi connectivity index (χ4n) is 3.53. The van der Waals surface area contributed by atoms with Crippen LogP contribution in [0.15, 0.2) is 0 Å². The van der Waals surface area contributed by atoms with Crippen LogP contribution in [-0.2, 0) is 0 Å². The van der Waals surface area contributed by atoms with Crippen LogP contribution in [-0.4, -0.2) is 61.2 Å². The lowest BCUT2D eigenvalue weighted by Crippen LogP contribution is -2.54. The smallest absolute Gasteiger partial charge is 0.0226 e. The normalized spacial score (nSPS) is 31.2. The molecule has 2 heterocycles. The SMILES string of the molecule is CC(C)N(CC1CCCCN1)C1CCCN(C)C1. The maximum Gasteiger partial charge on any atom is 0.0226 e. The topological polar surface area (TPSA) is 18.5 Å². The van der Waals surface area contributed by atoms with Gasteiger partial charge < -0.3 is 10.2 Å². The van der Waals surface area contributed by atoms with Gasteiger partial charge in [0, 0.05) is 31.2 Å². The Labute approximate surface area is 113 Å². The molecule has 18 heavy (non-hydrogen) atoms. The molecule has 0 saturated carbocycles. The van der Waals surface area contributed by atoms with Crippen LogP contribution in [0.3, 0.4) is 0 Å². The minimum absolute atomic E-state index is 0.672. The lowest BCUT2D eigenvalue weighted by molar-refractivity contribution is 0.0735. The summed E-state index contributed by atoms with van der Waals surface area (Å²) >= 11 is 0.